The normalized spacial score (nSPS) is 15.5. The van der Waals surface area contributed by atoms with E-state index in [1.165, 1.54) is 12.1 Å². The number of rotatable bonds is 10. The summed E-state index contributed by atoms with van der Waals surface area (Å²) in [6.45, 7) is 5.94. The molecule has 1 aliphatic rings. The average molecular weight is 522 g/mol. The van der Waals surface area contributed by atoms with Gasteiger partial charge in [0.2, 0.25) is 0 Å². The Balaban J connectivity index is 0.00000420. The predicted molar refractivity (Wildman–Crippen MR) is 127 cm³/mol. The molecule has 0 bridgehead atoms. The summed E-state index contributed by atoms with van der Waals surface area (Å²) in [6, 6.07) is 6.68. The molecule has 29 heavy (non-hydrogen) atoms. The Morgan fingerprint density at radius 1 is 1.24 bits per heavy atom. The molecule has 1 fully saturated rings. The second kappa shape index (κ2) is 14.9. The molecule has 0 unspecified atom stereocenters. The summed E-state index contributed by atoms with van der Waals surface area (Å²) in [5, 5.41) is 3.46. The van der Waals surface area contributed by atoms with Crippen molar-refractivity contribution in [1.29, 1.82) is 0 Å². The van der Waals surface area contributed by atoms with E-state index in [9.17, 15) is 4.39 Å². The van der Waals surface area contributed by atoms with E-state index in [-0.39, 0.29) is 29.8 Å². The molecule has 1 N–H and O–H groups in total. The number of guanidine groups is 1. The van der Waals surface area contributed by atoms with Gasteiger partial charge in [0.1, 0.15) is 5.82 Å². The van der Waals surface area contributed by atoms with Crippen molar-refractivity contribution in [2.75, 3.05) is 60.6 Å². The first-order valence-electron chi connectivity index (χ1n) is 10.1. The third-order valence-electron chi connectivity index (χ3n) is 4.94. The highest BCUT2D eigenvalue weighted by atomic mass is 127. The zero-order chi connectivity index (χ0) is 20.2. The van der Waals surface area contributed by atoms with Gasteiger partial charge in [0, 0.05) is 60.1 Å². The quantitative estimate of drug-likeness (QED) is 0.222. The van der Waals surface area contributed by atoms with E-state index in [0.717, 1.165) is 76.7 Å². The first kappa shape index (κ1) is 26.1. The van der Waals surface area contributed by atoms with Gasteiger partial charge in [-0.2, -0.15) is 0 Å². The number of hydrogen-bond acceptors (Lipinski definition) is 4. The summed E-state index contributed by atoms with van der Waals surface area (Å²) in [5.41, 5.74) is 1.11. The number of benzene rings is 1. The molecule has 8 heteroatoms. The molecular formula is C21H36FIN4O2. The molecule has 0 saturated carbocycles. The van der Waals surface area contributed by atoms with Crippen LogP contribution < -0.4 is 5.32 Å². The minimum Gasteiger partial charge on any atom is -0.385 e. The molecule has 2 rings (SSSR count). The SMILES string of the molecule is CN=C(NCCN(C)Cc1ccc(F)cc1)N1CCC(OCCCOC)CC1.I. The van der Waals surface area contributed by atoms with Crippen LogP contribution in [0.15, 0.2) is 29.3 Å². The number of aliphatic imine (C=N–C) groups is 1. The van der Waals surface area contributed by atoms with Crippen molar-refractivity contribution in [3.8, 4) is 0 Å². The van der Waals surface area contributed by atoms with Crippen LogP contribution in [-0.4, -0.2) is 82.5 Å². The number of nitrogens with one attached hydrogen (secondary N) is 1. The van der Waals surface area contributed by atoms with Gasteiger partial charge in [-0.3, -0.25) is 4.99 Å². The van der Waals surface area contributed by atoms with Gasteiger partial charge in [-0.15, -0.1) is 24.0 Å². The Morgan fingerprint density at radius 3 is 2.55 bits per heavy atom. The van der Waals surface area contributed by atoms with E-state index in [4.69, 9.17) is 9.47 Å². The van der Waals surface area contributed by atoms with Crippen molar-refractivity contribution in [3.63, 3.8) is 0 Å². The maximum Gasteiger partial charge on any atom is 0.193 e. The van der Waals surface area contributed by atoms with Crippen molar-refractivity contribution in [3.05, 3.63) is 35.6 Å². The number of likely N-dealkylation sites (N-methyl/N-ethyl adjacent to an activating group) is 1. The molecule has 0 aliphatic carbocycles. The number of nitrogens with zero attached hydrogens (tertiary/aromatic N) is 3. The molecule has 0 amide bonds. The monoisotopic (exact) mass is 522 g/mol. The molecule has 1 aromatic carbocycles. The fourth-order valence-corrected chi connectivity index (χ4v) is 3.36. The lowest BCUT2D eigenvalue weighted by Gasteiger charge is -2.34. The first-order valence-corrected chi connectivity index (χ1v) is 10.1. The highest BCUT2D eigenvalue weighted by Crippen LogP contribution is 2.14. The van der Waals surface area contributed by atoms with Crippen molar-refractivity contribution in [1.82, 2.24) is 15.1 Å². The number of likely N-dealkylation sites (tertiary alicyclic amines) is 1. The van der Waals surface area contributed by atoms with E-state index < -0.39 is 0 Å². The van der Waals surface area contributed by atoms with Crippen LogP contribution in [0.2, 0.25) is 0 Å². The van der Waals surface area contributed by atoms with Crippen molar-refractivity contribution < 1.29 is 13.9 Å². The van der Waals surface area contributed by atoms with E-state index >= 15 is 0 Å². The van der Waals surface area contributed by atoms with Crippen molar-refractivity contribution >= 4 is 29.9 Å². The minimum absolute atomic E-state index is 0. The Labute approximate surface area is 191 Å². The highest BCUT2D eigenvalue weighted by Gasteiger charge is 2.21. The molecule has 166 valence electrons. The fraction of sp³-hybridized carbons (Fsp3) is 0.667. The second-order valence-corrected chi connectivity index (χ2v) is 7.24. The van der Waals surface area contributed by atoms with Crippen LogP contribution in [0.5, 0.6) is 0 Å². The summed E-state index contributed by atoms with van der Waals surface area (Å²) in [5.74, 6) is 0.758. The second-order valence-electron chi connectivity index (χ2n) is 7.24. The summed E-state index contributed by atoms with van der Waals surface area (Å²) in [7, 11) is 5.62. The lowest BCUT2D eigenvalue weighted by molar-refractivity contribution is 0.00990. The molecule has 1 saturated heterocycles. The Hall–Kier alpha value is -0.970. The summed E-state index contributed by atoms with van der Waals surface area (Å²) < 4.78 is 24.0. The van der Waals surface area contributed by atoms with E-state index in [1.54, 1.807) is 7.11 Å². The lowest BCUT2D eigenvalue weighted by atomic mass is 10.1. The smallest absolute Gasteiger partial charge is 0.193 e. The van der Waals surface area contributed by atoms with Crippen LogP contribution in [0.3, 0.4) is 0 Å². The lowest BCUT2D eigenvalue weighted by Crippen LogP contribution is -2.48. The molecule has 1 aliphatic heterocycles. The molecule has 1 aromatic rings. The molecule has 0 spiro atoms. The van der Waals surface area contributed by atoms with Crippen molar-refractivity contribution in [2.45, 2.75) is 31.9 Å². The maximum atomic E-state index is 13.0. The molecular weight excluding hydrogens is 486 g/mol. The van der Waals surface area contributed by atoms with Crippen LogP contribution in [0.1, 0.15) is 24.8 Å². The molecule has 0 aromatic heterocycles. The van der Waals surface area contributed by atoms with Crippen LogP contribution in [0, 0.1) is 5.82 Å². The molecule has 0 radical (unpaired) electrons. The van der Waals surface area contributed by atoms with Crippen LogP contribution in [0.4, 0.5) is 4.39 Å². The fourth-order valence-electron chi connectivity index (χ4n) is 3.36. The predicted octanol–water partition coefficient (Wildman–Crippen LogP) is 2.97. The summed E-state index contributed by atoms with van der Waals surface area (Å²) in [4.78, 5) is 8.94. The Bertz CT molecular complexity index is 581. The van der Waals surface area contributed by atoms with Gasteiger partial charge < -0.3 is 24.6 Å². The van der Waals surface area contributed by atoms with Gasteiger partial charge in [0.05, 0.1) is 6.10 Å². The van der Waals surface area contributed by atoms with Crippen LogP contribution in [-0.2, 0) is 16.0 Å². The number of methoxy groups -OCH3 is 1. The largest absolute Gasteiger partial charge is 0.385 e. The van der Waals surface area contributed by atoms with Gasteiger partial charge in [0.25, 0.3) is 0 Å². The number of piperidine rings is 1. The Morgan fingerprint density at radius 2 is 1.93 bits per heavy atom. The first-order chi connectivity index (χ1) is 13.6. The van der Waals surface area contributed by atoms with E-state index in [1.807, 2.05) is 19.2 Å². The summed E-state index contributed by atoms with van der Waals surface area (Å²) in [6.07, 6.45) is 3.34. The number of ether oxygens (including phenoxy) is 2. The van der Waals surface area contributed by atoms with Gasteiger partial charge in [-0.1, -0.05) is 12.1 Å². The third kappa shape index (κ3) is 10.1. The highest BCUT2D eigenvalue weighted by molar-refractivity contribution is 14.0. The zero-order valence-electron chi connectivity index (χ0n) is 17.9. The number of halogens is 2. The van der Waals surface area contributed by atoms with Gasteiger partial charge >= 0.3 is 0 Å². The summed E-state index contributed by atoms with van der Waals surface area (Å²) >= 11 is 0. The average Bonchev–Trinajstić information content (AvgIpc) is 2.71. The molecule has 0 atom stereocenters. The zero-order valence-corrected chi connectivity index (χ0v) is 20.2. The molecule has 1 heterocycles. The third-order valence-corrected chi connectivity index (χ3v) is 4.94. The van der Waals surface area contributed by atoms with Crippen LogP contribution >= 0.6 is 24.0 Å². The number of hydrogen-bond donors (Lipinski definition) is 1. The van der Waals surface area contributed by atoms with Crippen LogP contribution in [0.25, 0.3) is 0 Å². The molecule has 6 nitrogen and oxygen atoms in total. The van der Waals surface area contributed by atoms with Gasteiger partial charge in [-0.05, 0) is 44.0 Å². The minimum atomic E-state index is -0.194. The topological polar surface area (TPSA) is 49.3 Å². The van der Waals surface area contributed by atoms with Gasteiger partial charge in [-0.25, -0.2) is 4.39 Å². The van der Waals surface area contributed by atoms with Crippen molar-refractivity contribution in [2.24, 2.45) is 4.99 Å². The van der Waals surface area contributed by atoms with E-state index in [2.05, 4.69) is 27.2 Å². The van der Waals surface area contributed by atoms with Gasteiger partial charge in [0.15, 0.2) is 5.96 Å². The standard InChI is InChI=1S/C21H35FN4O2.HI/c1-23-21(26-12-9-20(10-13-26)28-16-4-15-27-3)24-11-14-25(2)17-18-5-7-19(22)8-6-18;/h5-8,20H,4,9-17H2,1-3H3,(H,23,24);1H. The maximum absolute atomic E-state index is 13.0. The van der Waals surface area contributed by atoms with E-state index in [0.29, 0.717) is 6.10 Å². The Kier molecular flexibility index (Phi) is 13.4.